The van der Waals surface area contributed by atoms with Crippen LogP contribution in [-0.4, -0.2) is 26.2 Å². The summed E-state index contributed by atoms with van der Waals surface area (Å²) in [5.41, 5.74) is 2.07. The first kappa shape index (κ1) is 16.7. The Labute approximate surface area is 121 Å². The summed E-state index contributed by atoms with van der Waals surface area (Å²) in [6.07, 6.45) is 1.61. The molecule has 4 nitrogen and oxygen atoms in total. The lowest BCUT2D eigenvalue weighted by atomic mass is 10.1. The van der Waals surface area contributed by atoms with E-state index in [1.807, 2.05) is 31.2 Å². The molecule has 20 heavy (non-hydrogen) atoms. The van der Waals surface area contributed by atoms with E-state index in [0.29, 0.717) is 13.0 Å². The molecular formula is C16H26N2O2. The average molecular weight is 278 g/mol. The van der Waals surface area contributed by atoms with Crippen molar-refractivity contribution in [3.8, 4) is 0 Å². The van der Waals surface area contributed by atoms with Gasteiger partial charge in [-0.2, -0.15) is 0 Å². The molecule has 0 aliphatic carbocycles. The SMILES string of the molecule is CCCNCc1ccc(NC(=O)CC(C)COC)cc1. The molecule has 0 saturated carbocycles. The molecule has 0 radical (unpaired) electrons. The van der Waals surface area contributed by atoms with Crippen LogP contribution in [0.4, 0.5) is 5.69 Å². The Hall–Kier alpha value is -1.39. The monoisotopic (exact) mass is 278 g/mol. The Morgan fingerprint density at radius 1 is 1.30 bits per heavy atom. The predicted octanol–water partition coefficient (Wildman–Crippen LogP) is 2.80. The zero-order chi connectivity index (χ0) is 14.8. The molecule has 1 unspecified atom stereocenters. The van der Waals surface area contributed by atoms with Crippen LogP contribution in [0.25, 0.3) is 0 Å². The number of carbonyl (C=O) groups excluding carboxylic acids is 1. The highest BCUT2D eigenvalue weighted by molar-refractivity contribution is 5.90. The van der Waals surface area contributed by atoms with Crippen LogP contribution >= 0.6 is 0 Å². The summed E-state index contributed by atoms with van der Waals surface area (Å²) in [4.78, 5) is 11.8. The lowest BCUT2D eigenvalue weighted by Crippen LogP contribution is -2.17. The van der Waals surface area contributed by atoms with Crippen molar-refractivity contribution in [2.45, 2.75) is 33.2 Å². The molecule has 1 aromatic carbocycles. The van der Waals surface area contributed by atoms with Crippen LogP contribution in [0.15, 0.2) is 24.3 Å². The van der Waals surface area contributed by atoms with Gasteiger partial charge in [-0.25, -0.2) is 0 Å². The number of anilines is 1. The average Bonchev–Trinajstić information content (AvgIpc) is 2.41. The van der Waals surface area contributed by atoms with E-state index >= 15 is 0 Å². The number of hydrogen-bond acceptors (Lipinski definition) is 3. The van der Waals surface area contributed by atoms with Gasteiger partial charge >= 0.3 is 0 Å². The van der Waals surface area contributed by atoms with Crippen molar-refractivity contribution in [3.63, 3.8) is 0 Å². The van der Waals surface area contributed by atoms with Crippen molar-refractivity contribution in [3.05, 3.63) is 29.8 Å². The summed E-state index contributed by atoms with van der Waals surface area (Å²) >= 11 is 0. The first-order valence-corrected chi connectivity index (χ1v) is 7.24. The molecule has 0 aliphatic heterocycles. The molecule has 0 heterocycles. The van der Waals surface area contributed by atoms with Crippen LogP contribution in [0.3, 0.4) is 0 Å². The second-order valence-corrected chi connectivity index (χ2v) is 5.19. The molecule has 1 aromatic rings. The van der Waals surface area contributed by atoms with Crippen LogP contribution in [0, 0.1) is 5.92 Å². The lowest BCUT2D eigenvalue weighted by Gasteiger charge is -2.11. The van der Waals surface area contributed by atoms with E-state index < -0.39 is 0 Å². The van der Waals surface area contributed by atoms with E-state index in [-0.39, 0.29) is 11.8 Å². The summed E-state index contributed by atoms with van der Waals surface area (Å²) in [5.74, 6) is 0.268. The first-order valence-electron chi connectivity index (χ1n) is 7.24. The van der Waals surface area contributed by atoms with Gasteiger partial charge in [0, 0.05) is 32.4 Å². The minimum absolute atomic E-state index is 0.0337. The van der Waals surface area contributed by atoms with Gasteiger partial charge in [-0.1, -0.05) is 26.0 Å². The van der Waals surface area contributed by atoms with Gasteiger partial charge in [0.05, 0.1) is 0 Å². The van der Waals surface area contributed by atoms with Crippen molar-refractivity contribution < 1.29 is 9.53 Å². The van der Waals surface area contributed by atoms with Gasteiger partial charge in [0.25, 0.3) is 0 Å². The maximum Gasteiger partial charge on any atom is 0.224 e. The van der Waals surface area contributed by atoms with Gasteiger partial charge in [0.1, 0.15) is 0 Å². The van der Waals surface area contributed by atoms with E-state index in [1.54, 1.807) is 7.11 Å². The van der Waals surface area contributed by atoms with Crippen LogP contribution in [0.2, 0.25) is 0 Å². The Morgan fingerprint density at radius 3 is 2.60 bits per heavy atom. The summed E-state index contributed by atoms with van der Waals surface area (Å²) in [6, 6.07) is 7.97. The number of hydrogen-bond donors (Lipinski definition) is 2. The fraction of sp³-hybridized carbons (Fsp3) is 0.562. The molecule has 1 rings (SSSR count). The molecule has 0 saturated heterocycles. The maximum absolute atomic E-state index is 11.8. The summed E-state index contributed by atoms with van der Waals surface area (Å²) in [5, 5.41) is 6.26. The third-order valence-electron chi connectivity index (χ3n) is 2.98. The smallest absolute Gasteiger partial charge is 0.224 e. The standard InChI is InChI=1S/C16H26N2O2/c1-4-9-17-11-14-5-7-15(8-6-14)18-16(19)10-13(2)12-20-3/h5-8,13,17H,4,9-12H2,1-3H3,(H,18,19). The Morgan fingerprint density at radius 2 is 2.00 bits per heavy atom. The van der Waals surface area contributed by atoms with Gasteiger partial charge in [-0.15, -0.1) is 0 Å². The molecule has 1 atom stereocenters. The minimum atomic E-state index is 0.0337. The highest BCUT2D eigenvalue weighted by atomic mass is 16.5. The largest absolute Gasteiger partial charge is 0.384 e. The Balaban J connectivity index is 2.38. The molecule has 0 aromatic heterocycles. The number of benzene rings is 1. The molecule has 2 N–H and O–H groups in total. The number of nitrogens with one attached hydrogen (secondary N) is 2. The zero-order valence-corrected chi connectivity index (χ0v) is 12.7. The third-order valence-corrected chi connectivity index (χ3v) is 2.98. The molecule has 1 amide bonds. The maximum atomic E-state index is 11.8. The molecule has 0 spiro atoms. The van der Waals surface area contributed by atoms with Crippen molar-refractivity contribution in [1.29, 1.82) is 0 Å². The van der Waals surface area contributed by atoms with Crippen molar-refractivity contribution in [2.24, 2.45) is 5.92 Å². The predicted molar refractivity (Wildman–Crippen MR) is 82.7 cm³/mol. The Bertz CT molecular complexity index is 390. The van der Waals surface area contributed by atoms with Gasteiger partial charge in [-0.05, 0) is 36.6 Å². The number of rotatable bonds is 9. The Kier molecular flexibility index (Phi) is 7.92. The van der Waals surface area contributed by atoms with E-state index in [0.717, 1.165) is 25.2 Å². The van der Waals surface area contributed by atoms with Crippen molar-refractivity contribution >= 4 is 11.6 Å². The van der Waals surface area contributed by atoms with Crippen LogP contribution in [0.1, 0.15) is 32.3 Å². The van der Waals surface area contributed by atoms with Crippen LogP contribution in [0.5, 0.6) is 0 Å². The highest BCUT2D eigenvalue weighted by Crippen LogP contribution is 2.11. The molecule has 0 bridgehead atoms. The number of ether oxygens (including phenoxy) is 1. The van der Waals surface area contributed by atoms with E-state index in [9.17, 15) is 4.79 Å². The molecular weight excluding hydrogens is 252 g/mol. The quantitative estimate of drug-likeness (QED) is 0.683. The molecule has 0 aliphatic rings. The first-order chi connectivity index (χ1) is 9.65. The van der Waals surface area contributed by atoms with E-state index in [1.165, 1.54) is 5.56 Å². The summed E-state index contributed by atoms with van der Waals surface area (Å²) < 4.78 is 5.03. The van der Waals surface area contributed by atoms with E-state index in [2.05, 4.69) is 17.6 Å². The highest BCUT2D eigenvalue weighted by Gasteiger charge is 2.09. The zero-order valence-electron chi connectivity index (χ0n) is 12.7. The van der Waals surface area contributed by atoms with Gasteiger partial charge in [-0.3, -0.25) is 4.79 Å². The van der Waals surface area contributed by atoms with Crippen LogP contribution in [-0.2, 0) is 16.1 Å². The fourth-order valence-electron chi connectivity index (χ4n) is 1.99. The summed E-state index contributed by atoms with van der Waals surface area (Å²) in [6.45, 7) is 6.65. The number of carbonyl (C=O) groups is 1. The van der Waals surface area contributed by atoms with E-state index in [4.69, 9.17) is 4.74 Å². The fourth-order valence-corrected chi connectivity index (χ4v) is 1.99. The van der Waals surface area contributed by atoms with Gasteiger partial charge in [0.2, 0.25) is 5.91 Å². The number of amides is 1. The normalized spacial score (nSPS) is 12.2. The second-order valence-electron chi connectivity index (χ2n) is 5.19. The van der Waals surface area contributed by atoms with Crippen molar-refractivity contribution in [2.75, 3.05) is 25.6 Å². The second kappa shape index (κ2) is 9.50. The molecule has 112 valence electrons. The lowest BCUT2D eigenvalue weighted by molar-refractivity contribution is -0.117. The van der Waals surface area contributed by atoms with Crippen molar-refractivity contribution in [1.82, 2.24) is 5.32 Å². The van der Waals surface area contributed by atoms with Gasteiger partial charge in [0.15, 0.2) is 0 Å². The topological polar surface area (TPSA) is 50.4 Å². The minimum Gasteiger partial charge on any atom is -0.384 e. The van der Waals surface area contributed by atoms with Gasteiger partial charge < -0.3 is 15.4 Å². The molecule has 0 fully saturated rings. The number of methoxy groups -OCH3 is 1. The summed E-state index contributed by atoms with van der Waals surface area (Å²) in [7, 11) is 1.65. The third kappa shape index (κ3) is 6.68. The van der Waals surface area contributed by atoms with Crippen LogP contribution < -0.4 is 10.6 Å². The molecule has 4 heteroatoms.